The summed E-state index contributed by atoms with van der Waals surface area (Å²) in [7, 11) is 2.11. The van der Waals surface area contributed by atoms with Crippen LogP contribution >= 0.6 is 0 Å². The molecule has 0 spiro atoms. The lowest BCUT2D eigenvalue weighted by Gasteiger charge is -2.26. The van der Waals surface area contributed by atoms with Gasteiger partial charge in [-0.25, -0.2) is 0 Å². The number of nitrogens with two attached hydrogens (primary N) is 1. The van der Waals surface area contributed by atoms with Crippen molar-refractivity contribution in [2.45, 2.75) is 38.2 Å². The molecule has 1 aromatic rings. The van der Waals surface area contributed by atoms with E-state index in [0.717, 1.165) is 44.5 Å². The molecule has 0 aliphatic carbocycles. The van der Waals surface area contributed by atoms with E-state index in [4.69, 9.17) is 5.73 Å². The Kier molecular flexibility index (Phi) is 6.99. The molecule has 0 fully saturated rings. The first-order chi connectivity index (χ1) is 9.09. The number of nitrogens with zero attached hydrogens (tertiary/aromatic N) is 2. The molecule has 3 N–H and O–H groups in total. The van der Waals surface area contributed by atoms with Crippen molar-refractivity contribution in [3.8, 4) is 0 Å². The van der Waals surface area contributed by atoms with Crippen LogP contribution in [0.2, 0.25) is 0 Å². The number of hydrogen-bond acceptors (Lipinski definition) is 4. The van der Waals surface area contributed by atoms with Crippen molar-refractivity contribution >= 4 is 0 Å². The molecule has 1 aromatic heterocycles. The van der Waals surface area contributed by atoms with E-state index in [1.807, 2.05) is 25.3 Å². The highest BCUT2D eigenvalue weighted by atomic mass is 16.3. The summed E-state index contributed by atoms with van der Waals surface area (Å²) < 4.78 is 0. The molecule has 0 aliphatic heterocycles. The van der Waals surface area contributed by atoms with Crippen LogP contribution < -0.4 is 5.73 Å². The summed E-state index contributed by atoms with van der Waals surface area (Å²) in [6, 6.07) is 6.01. The fraction of sp³-hybridized carbons (Fsp3) is 0.667. The quantitative estimate of drug-likeness (QED) is 0.709. The molecule has 108 valence electrons. The zero-order valence-corrected chi connectivity index (χ0v) is 12.2. The topological polar surface area (TPSA) is 62.4 Å². The van der Waals surface area contributed by atoms with Crippen LogP contribution in [-0.2, 0) is 6.42 Å². The van der Waals surface area contributed by atoms with Gasteiger partial charge in [0.05, 0.1) is 5.60 Å². The van der Waals surface area contributed by atoms with Crippen LogP contribution in [0.5, 0.6) is 0 Å². The van der Waals surface area contributed by atoms with Gasteiger partial charge < -0.3 is 15.7 Å². The number of rotatable bonds is 9. The summed E-state index contributed by atoms with van der Waals surface area (Å²) in [4.78, 5) is 6.59. The summed E-state index contributed by atoms with van der Waals surface area (Å²) in [6.45, 7) is 4.30. The van der Waals surface area contributed by atoms with Gasteiger partial charge in [0.25, 0.3) is 0 Å². The minimum absolute atomic E-state index is 0.348. The fourth-order valence-electron chi connectivity index (χ4n) is 2.06. The van der Waals surface area contributed by atoms with Crippen LogP contribution in [0.15, 0.2) is 24.4 Å². The van der Waals surface area contributed by atoms with Gasteiger partial charge in [-0.15, -0.1) is 0 Å². The lowest BCUT2D eigenvalue weighted by molar-refractivity contribution is 0.0323. The zero-order valence-electron chi connectivity index (χ0n) is 12.2. The number of hydrogen-bond donors (Lipinski definition) is 2. The number of pyridine rings is 1. The summed E-state index contributed by atoms with van der Waals surface area (Å²) >= 11 is 0. The van der Waals surface area contributed by atoms with Gasteiger partial charge in [0.15, 0.2) is 0 Å². The fourth-order valence-corrected chi connectivity index (χ4v) is 2.06. The predicted molar refractivity (Wildman–Crippen MR) is 79.0 cm³/mol. The molecule has 0 bridgehead atoms. The molecule has 0 amide bonds. The van der Waals surface area contributed by atoms with Crippen molar-refractivity contribution in [2.24, 2.45) is 5.73 Å². The Morgan fingerprint density at radius 2 is 2.16 bits per heavy atom. The second-order valence-corrected chi connectivity index (χ2v) is 5.26. The highest BCUT2D eigenvalue weighted by molar-refractivity contribution is 5.03. The molecule has 0 aromatic carbocycles. The molecular weight excluding hydrogens is 238 g/mol. The molecule has 1 atom stereocenters. The minimum Gasteiger partial charge on any atom is -0.389 e. The van der Waals surface area contributed by atoms with Crippen LogP contribution in [0.1, 0.15) is 31.9 Å². The third-order valence-electron chi connectivity index (χ3n) is 3.70. The van der Waals surface area contributed by atoms with Crippen LogP contribution in [0.3, 0.4) is 0 Å². The summed E-state index contributed by atoms with van der Waals surface area (Å²) in [5.74, 6) is 0. The molecule has 0 aliphatic rings. The third kappa shape index (κ3) is 6.14. The maximum Gasteiger partial charge on any atom is 0.0767 e. The molecule has 0 radical (unpaired) electrons. The smallest absolute Gasteiger partial charge is 0.0767 e. The largest absolute Gasteiger partial charge is 0.389 e. The molecule has 0 saturated carbocycles. The van der Waals surface area contributed by atoms with E-state index in [2.05, 4.69) is 23.0 Å². The molecule has 0 saturated heterocycles. The average molecular weight is 265 g/mol. The third-order valence-corrected chi connectivity index (χ3v) is 3.70. The van der Waals surface area contributed by atoms with Crippen molar-refractivity contribution in [3.05, 3.63) is 30.1 Å². The summed E-state index contributed by atoms with van der Waals surface area (Å²) in [5, 5.41) is 10.1. The first-order valence-corrected chi connectivity index (χ1v) is 7.10. The molecule has 4 nitrogen and oxygen atoms in total. The first-order valence-electron chi connectivity index (χ1n) is 7.10. The van der Waals surface area contributed by atoms with Crippen molar-refractivity contribution < 1.29 is 5.11 Å². The lowest BCUT2D eigenvalue weighted by Crippen LogP contribution is -2.37. The van der Waals surface area contributed by atoms with Gasteiger partial charge in [-0.2, -0.15) is 0 Å². The SMILES string of the molecule is CCC(O)(CN)CCCN(C)CCc1ccccn1. The first kappa shape index (κ1) is 16.1. The van der Waals surface area contributed by atoms with Crippen LogP contribution in [0.4, 0.5) is 0 Å². The number of aromatic nitrogens is 1. The number of aliphatic hydroxyl groups is 1. The molecule has 1 unspecified atom stereocenters. The molecule has 4 heteroatoms. The van der Waals surface area contributed by atoms with E-state index in [9.17, 15) is 5.11 Å². The molecule has 1 rings (SSSR count). The van der Waals surface area contributed by atoms with Gasteiger partial charge in [-0.3, -0.25) is 4.98 Å². The van der Waals surface area contributed by atoms with Gasteiger partial charge in [-0.05, 0) is 45.0 Å². The number of likely N-dealkylation sites (N-methyl/N-ethyl adjacent to an activating group) is 1. The van der Waals surface area contributed by atoms with Crippen LogP contribution in [-0.4, -0.2) is 47.3 Å². The standard InChI is InChI=1S/C15H27N3O/c1-3-15(19,13-16)9-6-11-18(2)12-8-14-7-4-5-10-17-14/h4-5,7,10,19H,3,6,8-9,11-13,16H2,1-2H3. The Morgan fingerprint density at radius 1 is 1.37 bits per heavy atom. The zero-order chi connectivity index (χ0) is 14.1. The van der Waals surface area contributed by atoms with Gasteiger partial charge in [0, 0.05) is 31.4 Å². The summed E-state index contributed by atoms with van der Waals surface area (Å²) in [5.41, 5.74) is 6.04. The Morgan fingerprint density at radius 3 is 2.74 bits per heavy atom. The van der Waals surface area contributed by atoms with E-state index >= 15 is 0 Å². The van der Waals surface area contributed by atoms with Gasteiger partial charge in [-0.1, -0.05) is 13.0 Å². The molecule has 19 heavy (non-hydrogen) atoms. The van der Waals surface area contributed by atoms with E-state index in [0.29, 0.717) is 6.54 Å². The predicted octanol–water partition coefficient (Wildman–Crippen LogP) is 1.44. The van der Waals surface area contributed by atoms with Gasteiger partial charge >= 0.3 is 0 Å². The normalized spacial score (nSPS) is 14.6. The van der Waals surface area contributed by atoms with E-state index in [1.165, 1.54) is 0 Å². The van der Waals surface area contributed by atoms with Crippen LogP contribution in [0, 0.1) is 0 Å². The maximum absolute atomic E-state index is 10.1. The summed E-state index contributed by atoms with van der Waals surface area (Å²) in [6.07, 6.45) is 5.26. The maximum atomic E-state index is 10.1. The monoisotopic (exact) mass is 265 g/mol. The van der Waals surface area contributed by atoms with Crippen molar-refractivity contribution in [2.75, 3.05) is 26.7 Å². The van der Waals surface area contributed by atoms with Crippen molar-refractivity contribution in [1.29, 1.82) is 0 Å². The Balaban J connectivity index is 2.20. The Labute approximate surface area is 116 Å². The van der Waals surface area contributed by atoms with Gasteiger partial charge in [0.1, 0.15) is 0 Å². The average Bonchev–Trinajstić information content (AvgIpc) is 2.46. The van der Waals surface area contributed by atoms with Gasteiger partial charge in [0.2, 0.25) is 0 Å². The minimum atomic E-state index is -0.679. The van der Waals surface area contributed by atoms with Crippen LogP contribution in [0.25, 0.3) is 0 Å². The van der Waals surface area contributed by atoms with E-state index < -0.39 is 5.60 Å². The van der Waals surface area contributed by atoms with E-state index in [1.54, 1.807) is 0 Å². The molecular formula is C15H27N3O. The Hall–Kier alpha value is -0.970. The molecule has 1 heterocycles. The lowest BCUT2D eigenvalue weighted by atomic mass is 9.95. The van der Waals surface area contributed by atoms with E-state index in [-0.39, 0.29) is 0 Å². The second kappa shape index (κ2) is 8.25. The van der Waals surface area contributed by atoms with Crippen molar-refractivity contribution in [3.63, 3.8) is 0 Å². The second-order valence-electron chi connectivity index (χ2n) is 5.26. The highest BCUT2D eigenvalue weighted by Crippen LogP contribution is 2.15. The highest BCUT2D eigenvalue weighted by Gasteiger charge is 2.21. The van der Waals surface area contributed by atoms with Crippen molar-refractivity contribution in [1.82, 2.24) is 9.88 Å². The Bertz CT molecular complexity index is 339.